The second kappa shape index (κ2) is 4.99. The van der Waals surface area contributed by atoms with Gasteiger partial charge in [-0.25, -0.2) is 0 Å². The van der Waals surface area contributed by atoms with E-state index in [2.05, 4.69) is 0 Å². The molecule has 1 atom stereocenters. The van der Waals surface area contributed by atoms with Crippen LogP contribution in [0.3, 0.4) is 0 Å². The lowest BCUT2D eigenvalue weighted by Gasteiger charge is -2.24. The molecule has 0 unspecified atom stereocenters. The van der Waals surface area contributed by atoms with Crippen LogP contribution >= 0.6 is 0 Å². The number of amides is 1. The number of carbonyl (C=O) groups is 2. The molecule has 0 bridgehead atoms. The maximum atomic E-state index is 11.7. The fraction of sp³-hybridized carbons (Fsp3) is 0.385. The highest BCUT2D eigenvalue weighted by atomic mass is 16.6. The summed E-state index contributed by atoms with van der Waals surface area (Å²) in [6.07, 6.45) is 0.635. The van der Waals surface area contributed by atoms with Crippen LogP contribution in [-0.2, 0) is 20.9 Å². The van der Waals surface area contributed by atoms with Crippen LogP contribution in [0, 0.1) is 0 Å². The summed E-state index contributed by atoms with van der Waals surface area (Å²) in [6.45, 7) is 1.86. The Morgan fingerprint density at radius 2 is 2.12 bits per heavy atom. The second-order valence-corrected chi connectivity index (χ2v) is 4.11. The molecule has 90 valence electrons. The smallest absolute Gasteiger partial charge is 0.304 e. The van der Waals surface area contributed by atoms with Crippen LogP contribution in [0.15, 0.2) is 30.3 Å². The molecule has 1 aromatic carbocycles. The molecule has 1 aliphatic rings. The predicted molar refractivity (Wildman–Crippen MR) is 61.8 cm³/mol. The Kier molecular flexibility index (Phi) is 3.42. The first kappa shape index (κ1) is 11.6. The van der Waals surface area contributed by atoms with Crippen LogP contribution in [0.4, 0.5) is 0 Å². The first-order valence-electron chi connectivity index (χ1n) is 5.67. The van der Waals surface area contributed by atoms with Gasteiger partial charge in [0.05, 0.1) is 0 Å². The molecular formula is C13H15NO3. The van der Waals surface area contributed by atoms with Gasteiger partial charge in [0.1, 0.15) is 0 Å². The van der Waals surface area contributed by atoms with Gasteiger partial charge in [0.15, 0.2) is 6.23 Å². The number of nitrogens with zero attached hydrogens (tertiary/aromatic N) is 1. The number of carbonyl (C=O) groups excluding carboxylic acids is 2. The van der Waals surface area contributed by atoms with Gasteiger partial charge in [-0.05, 0) is 5.56 Å². The monoisotopic (exact) mass is 233 g/mol. The molecule has 0 N–H and O–H groups in total. The highest BCUT2D eigenvalue weighted by Gasteiger charge is 2.32. The van der Waals surface area contributed by atoms with E-state index in [1.54, 1.807) is 4.90 Å². The molecule has 4 nitrogen and oxygen atoms in total. The van der Waals surface area contributed by atoms with E-state index < -0.39 is 6.23 Å². The topological polar surface area (TPSA) is 46.6 Å². The fourth-order valence-corrected chi connectivity index (χ4v) is 1.99. The number of likely N-dealkylation sites (tertiary alicyclic amines) is 1. The Hall–Kier alpha value is -1.84. The van der Waals surface area contributed by atoms with Crippen molar-refractivity contribution in [3.05, 3.63) is 35.9 Å². The van der Waals surface area contributed by atoms with Gasteiger partial charge < -0.3 is 9.64 Å². The van der Waals surface area contributed by atoms with Crippen molar-refractivity contribution in [3.63, 3.8) is 0 Å². The quantitative estimate of drug-likeness (QED) is 0.746. The van der Waals surface area contributed by atoms with Gasteiger partial charge >= 0.3 is 5.97 Å². The summed E-state index contributed by atoms with van der Waals surface area (Å²) < 4.78 is 5.13. The van der Waals surface area contributed by atoms with Gasteiger partial charge in [-0.1, -0.05) is 30.3 Å². The molecule has 1 heterocycles. The SMILES string of the molecule is CC(=O)O[C@@H]1CCC(=O)N1Cc1ccccc1. The predicted octanol–water partition coefficient (Wildman–Crippen LogP) is 1.70. The van der Waals surface area contributed by atoms with Crippen LogP contribution in [0.1, 0.15) is 25.3 Å². The molecule has 1 fully saturated rings. The normalized spacial score (nSPS) is 19.5. The minimum Gasteiger partial charge on any atom is -0.442 e. The van der Waals surface area contributed by atoms with Gasteiger partial charge in [0.2, 0.25) is 5.91 Å². The molecule has 0 aromatic heterocycles. The van der Waals surface area contributed by atoms with Crippen molar-refractivity contribution in [2.45, 2.75) is 32.5 Å². The Labute approximate surface area is 100 Å². The van der Waals surface area contributed by atoms with Crippen molar-refractivity contribution in [3.8, 4) is 0 Å². The molecule has 2 rings (SSSR count). The number of ether oxygens (including phenoxy) is 1. The molecule has 17 heavy (non-hydrogen) atoms. The molecule has 0 radical (unpaired) electrons. The van der Waals surface area contributed by atoms with Crippen LogP contribution in [-0.4, -0.2) is 23.0 Å². The van der Waals surface area contributed by atoms with Crippen molar-refractivity contribution in [2.75, 3.05) is 0 Å². The minimum atomic E-state index is -0.403. The molecule has 1 aromatic rings. The van der Waals surface area contributed by atoms with E-state index in [9.17, 15) is 9.59 Å². The number of hydrogen-bond donors (Lipinski definition) is 0. The summed E-state index contributed by atoms with van der Waals surface area (Å²) >= 11 is 0. The van der Waals surface area contributed by atoms with Crippen molar-refractivity contribution >= 4 is 11.9 Å². The summed E-state index contributed by atoms with van der Waals surface area (Å²) in [5.41, 5.74) is 1.04. The molecule has 0 spiro atoms. The summed E-state index contributed by atoms with van der Waals surface area (Å²) in [5.74, 6) is -0.303. The van der Waals surface area contributed by atoms with Gasteiger partial charge in [0, 0.05) is 26.3 Å². The van der Waals surface area contributed by atoms with Crippen LogP contribution in [0.2, 0.25) is 0 Å². The zero-order chi connectivity index (χ0) is 12.3. The van der Waals surface area contributed by atoms with E-state index in [0.717, 1.165) is 5.56 Å². The summed E-state index contributed by atoms with van der Waals surface area (Å²) in [4.78, 5) is 24.3. The lowest BCUT2D eigenvalue weighted by molar-refractivity contribution is -0.157. The van der Waals surface area contributed by atoms with E-state index >= 15 is 0 Å². The summed E-state index contributed by atoms with van der Waals surface area (Å²) in [5, 5.41) is 0. The number of benzene rings is 1. The van der Waals surface area contributed by atoms with Gasteiger partial charge in [-0.2, -0.15) is 0 Å². The molecule has 1 amide bonds. The summed E-state index contributed by atoms with van der Waals surface area (Å²) in [6, 6.07) is 9.69. The van der Waals surface area contributed by atoms with Crippen molar-refractivity contribution in [1.82, 2.24) is 4.90 Å². The van der Waals surface area contributed by atoms with E-state index in [-0.39, 0.29) is 11.9 Å². The Morgan fingerprint density at radius 1 is 1.41 bits per heavy atom. The van der Waals surface area contributed by atoms with Gasteiger partial charge in [0.25, 0.3) is 0 Å². The fourth-order valence-electron chi connectivity index (χ4n) is 1.99. The van der Waals surface area contributed by atoms with Gasteiger partial charge in [-0.3, -0.25) is 9.59 Å². The van der Waals surface area contributed by atoms with Gasteiger partial charge in [-0.15, -0.1) is 0 Å². The van der Waals surface area contributed by atoms with E-state index in [1.165, 1.54) is 6.92 Å². The Morgan fingerprint density at radius 3 is 2.76 bits per heavy atom. The van der Waals surface area contributed by atoms with Crippen molar-refractivity contribution in [1.29, 1.82) is 0 Å². The number of esters is 1. The average molecular weight is 233 g/mol. The third kappa shape index (κ3) is 2.84. The maximum absolute atomic E-state index is 11.7. The minimum absolute atomic E-state index is 0.0418. The lowest BCUT2D eigenvalue weighted by Crippen LogP contribution is -2.35. The van der Waals surface area contributed by atoms with E-state index in [4.69, 9.17) is 4.74 Å². The Balaban J connectivity index is 2.06. The average Bonchev–Trinajstić information content (AvgIpc) is 2.62. The molecular weight excluding hydrogens is 218 g/mol. The largest absolute Gasteiger partial charge is 0.442 e. The van der Waals surface area contributed by atoms with Crippen molar-refractivity contribution in [2.24, 2.45) is 0 Å². The number of hydrogen-bond acceptors (Lipinski definition) is 3. The molecule has 0 saturated carbocycles. The second-order valence-electron chi connectivity index (χ2n) is 4.11. The zero-order valence-corrected chi connectivity index (χ0v) is 9.76. The van der Waals surface area contributed by atoms with Crippen LogP contribution in [0.25, 0.3) is 0 Å². The van der Waals surface area contributed by atoms with E-state index in [1.807, 2.05) is 30.3 Å². The maximum Gasteiger partial charge on any atom is 0.304 e. The molecule has 0 aliphatic carbocycles. The lowest BCUT2D eigenvalue weighted by atomic mass is 10.2. The number of rotatable bonds is 3. The Bertz CT molecular complexity index is 416. The highest BCUT2D eigenvalue weighted by molar-refractivity contribution is 5.79. The van der Waals surface area contributed by atoms with E-state index in [0.29, 0.717) is 19.4 Å². The third-order valence-electron chi connectivity index (χ3n) is 2.77. The van der Waals surface area contributed by atoms with Crippen molar-refractivity contribution < 1.29 is 14.3 Å². The molecule has 1 saturated heterocycles. The standard InChI is InChI=1S/C13H15NO3/c1-10(15)17-13-8-7-12(16)14(13)9-11-5-3-2-4-6-11/h2-6,13H,7-9H2,1H3/t13-/m1/s1. The molecule has 1 aliphatic heterocycles. The highest BCUT2D eigenvalue weighted by Crippen LogP contribution is 2.22. The van der Waals surface area contributed by atoms with Crippen LogP contribution in [0.5, 0.6) is 0 Å². The van der Waals surface area contributed by atoms with Crippen LogP contribution < -0.4 is 0 Å². The zero-order valence-electron chi connectivity index (χ0n) is 9.76. The first-order chi connectivity index (χ1) is 8.16. The summed E-state index contributed by atoms with van der Waals surface area (Å²) in [7, 11) is 0. The third-order valence-corrected chi connectivity index (χ3v) is 2.77. The first-order valence-corrected chi connectivity index (χ1v) is 5.67. The molecule has 4 heteroatoms.